The second-order valence-electron chi connectivity index (χ2n) is 5.38. The lowest BCUT2D eigenvalue weighted by molar-refractivity contribution is 0.0360. The Morgan fingerprint density at radius 1 is 1.24 bits per heavy atom. The third kappa shape index (κ3) is 3.97. The van der Waals surface area contributed by atoms with E-state index in [2.05, 4.69) is 11.1 Å². The average molecular weight is 292 g/mol. The predicted octanol–water partition coefficient (Wildman–Crippen LogP) is 2.07. The van der Waals surface area contributed by atoms with Crippen LogP contribution in [0.3, 0.4) is 0 Å². The summed E-state index contributed by atoms with van der Waals surface area (Å²) in [5, 5.41) is 11.1. The van der Waals surface area contributed by atoms with Crippen molar-refractivity contribution in [2.45, 2.75) is 13.2 Å². The Kier molecular flexibility index (Phi) is 5.61. The van der Waals surface area contributed by atoms with Gasteiger partial charge in [0.15, 0.2) is 0 Å². The fourth-order valence-electron chi connectivity index (χ4n) is 2.36. The molecule has 0 saturated heterocycles. The lowest BCUT2D eigenvalue weighted by Crippen LogP contribution is -2.14. The number of hydrogen-bond donors (Lipinski definition) is 1. The summed E-state index contributed by atoms with van der Waals surface area (Å²) in [5.74, 6) is 0.330. The molecule has 0 unspecified atom stereocenters. The molecule has 0 aliphatic heterocycles. The van der Waals surface area contributed by atoms with E-state index in [1.165, 1.54) is 0 Å². The number of nitrogens with zero attached hydrogens (tertiary/aromatic N) is 2. The Hall–Kier alpha value is -1.56. The summed E-state index contributed by atoms with van der Waals surface area (Å²) < 4.78 is 12.6. The van der Waals surface area contributed by atoms with Gasteiger partial charge in [0, 0.05) is 25.2 Å². The summed E-state index contributed by atoms with van der Waals surface area (Å²) in [7, 11) is 5.76. The van der Waals surface area contributed by atoms with Crippen LogP contribution in [0.25, 0.3) is 10.9 Å². The molecule has 0 aliphatic rings. The molecule has 0 fully saturated rings. The SMILES string of the molecule is COCCOCn1cc(CCN(C)C)c2c(O)cccc21. The van der Waals surface area contributed by atoms with Crippen molar-refractivity contribution in [2.24, 2.45) is 0 Å². The van der Waals surface area contributed by atoms with E-state index in [1.54, 1.807) is 13.2 Å². The van der Waals surface area contributed by atoms with Crippen molar-refractivity contribution in [1.82, 2.24) is 9.47 Å². The van der Waals surface area contributed by atoms with Gasteiger partial charge in [-0.05, 0) is 38.2 Å². The van der Waals surface area contributed by atoms with Crippen molar-refractivity contribution in [1.29, 1.82) is 0 Å². The zero-order valence-corrected chi connectivity index (χ0v) is 13.0. The van der Waals surface area contributed by atoms with Crippen molar-refractivity contribution in [3.8, 4) is 5.75 Å². The first-order valence-electron chi connectivity index (χ1n) is 7.14. The lowest BCUT2D eigenvalue weighted by Gasteiger charge is -2.08. The Balaban J connectivity index is 2.22. The van der Waals surface area contributed by atoms with Crippen LogP contribution in [0.5, 0.6) is 5.75 Å². The van der Waals surface area contributed by atoms with Crippen LogP contribution in [0, 0.1) is 0 Å². The van der Waals surface area contributed by atoms with Crippen LogP contribution in [0.4, 0.5) is 0 Å². The molecule has 1 N–H and O–H groups in total. The highest BCUT2D eigenvalue weighted by Gasteiger charge is 2.12. The van der Waals surface area contributed by atoms with Crippen molar-refractivity contribution in [2.75, 3.05) is 41.0 Å². The minimum atomic E-state index is 0.330. The van der Waals surface area contributed by atoms with Gasteiger partial charge in [-0.25, -0.2) is 0 Å². The largest absolute Gasteiger partial charge is 0.507 e. The third-order valence-corrected chi connectivity index (χ3v) is 3.45. The topological polar surface area (TPSA) is 46.9 Å². The number of rotatable bonds is 8. The van der Waals surface area contributed by atoms with Gasteiger partial charge in [0.05, 0.1) is 18.7 Å². The van der Waals surface area contributed by atoms with Crippen LogP contribution in [0.15, 0.2) is 24.4 Å². The minimum absolute atomic E-state index is 0.330. The maximum atomic E-state index is 10.2. The quantitative estimate of drug-likeness (QED) is 0.757. The Labute approximate surface area is 125 Å². The van der Waals surface area contributed by atoms with Crippen LogP contribution in [0.2, 0.25) is 0 Å². The molecule has 2 aromatic rings. The molecule has 0 bridgehead atoms. The second-order valence-corrected chi connectivity index (χ2v) is 5.38. The molecule has 1 heterocycles. The van der Waals surface area contributed by atoms with E-state index in [1.807, 2.05) is 30.8 Å². The highest BCUT2D eigenvalue weighted by Crippen LogP contribution is 2.30. The molecule has 21 heavy (non-hydrogen) atoms. The van der Waals surface area contributed by atoms with Crippen LogP contribution < -0.4 is 0 Å². The number of benzene rings is 1. The Morgan fingerprint density at radius 2 is 2.05 bits per heavy atom. The number of aromatic nitrogens is 1. The summed E-state index contributed by atoms with van der Waals surface area (Å²) in [4.78, 5) is 2.14. The van der Waals surface area contributed by atoms with Gasteiger partial charge in [-0.15, -0.1) is 0 Å². The fourth-order valence-corrected chi connectivity index (χ4v) is 2.36. The average Bonchev–Trinajstić information content (AvgIpc) is 2.81. The van der Waals surface area contributed by atoms with E-state index in [9.17, 15) is 5.11 Å². The second kappa shape index (κ2) is 7.45. The van der Waals surface area contributed by atoms with Gasteiger partial charge >= 0.3 is 0 Å². The predicted molar refractivity (Wildman–Crippen MR) is 83.7 cm³/mol. The van der Waals surface area contributed by atoms with E-state index < -0.39 is 0 Å². The summed E-state index contributed by atoms with van der Waals surface area (Å²) in [5.41, 5.74) is 2.15. The van der Waals surface area contributed by atoms with E-state index in [0.29, 0.717) is 25.7 Å². The number of likely N-dealkylation sites (N-methyl/N-ethyl adjacent to an activating group) is 1. The zero-order valence-electron chi connectivity index (χ0n) is 13.0. The highest BCUT2D eigenvalue weighted by atomic mass is 16.5. The monoisotopic (exact) mass is 292 g/mol. The molecule has 1 aromatic heterocycles. The first-order valence-corrected chi connectivity index (χ1v) is 7.14. The molecule has 0 amide bonds. The zero-order chi connectivity index (χ0) is 15.2. The molecule has 5 nitrogen and oxygen atoms in total. The maximum absolute atomic E-state index is 10.2. The van der Waals surface area contributed by atoms with Crippen LogP contribution >= 0.6 is 0 Å². The van der Waals surface area contributed by atoms with Crippen molar-refractivity contribution >= 4 is 10.9 Å². The van der Waals surface area contributed by atoms with Gasteiger partial charge in [-0.1, -0.05) is 6.07 Å². The summed E-state index contributed by atoms with van der Waals surface area (Å²) in [6, 6.07) is 5.60. The number of aromatic hydroxyl groups is 1. The number of phenols is 1. The molecular weight excluding hydrogens is 268 g/mol. The van der Waals surface area contributed by atoms with Crippen LogP contribution in [-0.4, -0.2) is 55.5 Å². The molecule has 0 aliphatic carbocycles. The Bertz CT molecular complexity index is 578. The van der Waals surface area contributed by atoms with Crippen molar-refractivity contribution in [3.63, 3.8) is 0 Å². The standard InChI is InChI=1S/C16H24N2O3/c1-17(2)8-7-13-11-18(12-21-10-9-20-3)14-5-4-6-15(19)16(13)14/h4-6,11,19H,7-10,12H2,1-3H3. The molecular formula is C16H24N2O3. The third-order valence-electron chi connectivity index (χ3n) is 3.45. The molecule has 0 radical (unpaired) electrons. The molecule has 0 spiro atoms. The smallest absolute Gasteiger partial charge is 0.125 e. The van der Waals surface area contributed by atoms with E-state index in [0.717, 1.165) is 29.4 Å². The molecule has 116 valence electrons. The van der Waals surface area contributed by atoms with Gasteiger partial charge in [-0.2, -0.15) is 0 Å². The summed E-state index contributed by atoms with van der Waals surface area (Å²) in [6.45, 7) is 2.54. The molecule has 1 aromatic carbocycles. The molecule has 5 heteroatoms. The lowest BCUT2D eigenvalue weighted by atomic mass is 10.1. The van der Waals surface area contributed by atoms with Gasteiger partial charge in [0.2, 0.25) is 0 Å². The first kappa shape index (κ1) is 15.8. The normalized spacial score (nSPS) is 11.6. The number of phenolic OH excluding ortho intramolecular Hbond substituents is 1. The summed E-state index contributed by atoms with van der Waals surface area (Å²) in [6.07, 6.45) is 2.97. The van der Waals surface area contributed by atoms with E-state index in [-0.39, 0.29) is 0 Å². The van der Waals surface area contributed by atoms with Gasteiger partial charge in [0.25, 0.3) is 0 Å². The molecule has 2 rings (SSSR count). The summed E-state index contributed by atoms with van der Waals surface area (Å²) >= 11 is 0. The molecule has 0 saturated carbocycles. The van der Waals surface area contributed by atoms with Crippen molar-refractivity contribution in [3.05, 3.63) is 30.0 Å². The number of fused-ring (bicyclic) bond motifs is 1. The van der Waals surface area contributed by atoms with Crippen LogP contribution in [0.1, 0.15) is 5.56 Å². The number of methoxy groups -OCH3 is 1. The fraction of sp³-hybridized carbons (Fsp3) is 0.500. The highest BCUT2D eigenvalue weighted by molar-refractivity contribution is 5.89. The Morgan fingerprint density at radius 3 is 2.76 bits per heavy atom. The molecule has 0 atom stereocenters. The van der Waals surface area contributed by atoms with E-state index in [4.69, 9.17) is 9.47 Å². The van der Waals surface area contributed by atoms with Gasteiger partial charge in [-0.3, -0.25) is 0 Å². The van der Waals surface area contributed by atoms with Gasteiger partial charge < -0.3 is 24.0 Å². The number of hydrogen-bond acceptors (Lipinski definition) is 4. The first-order chi connectivity index (χ1) is 10.1. The van der Waals surface area contributed by atoms with Crippen molar-refractivity contribution < 1.29 is 14.6 Å². The van der Waals surface area contributed by atoms with Crippen LogP contribution in [-0.2, 0) is 22.6 Å². The van der Waals surface area contributed by atoms with Gasteiger partial charge in [0.1, 0.15) is 12.5 Å². The van der Waals surface area contributed by atoms with E-state index >= 15 is 0 Å². The maximum Gasteiger partial charge on any atom is 0.125 e. The minimum Gasteiger partial charge on any atom is -0.507 e. The number of ether oxygens (including phenoxy) is 2.